The van der Waals surface area contributed by atoms with Crippen molar-refractivity contribution in [3.63, 3.8) is 0 Å². The zero-order chi connectivity index (χ0) is 12.5. The van der Waals surface area contributed by atoms with Crippen LogP contribution < -0.4 is 5.32 Å². The van der Waals surface area contributed by atoms with Crippen molar-refractivity contribution in [2.24, 2.45) is 0 Å². The molecule has 98 valence electrons. The van der Waals surface area contributed by atoms with Crippen molar-refractivity contribution in [2.75, 3.05) is 53.2 Å². The Bertz CT molecular complexity index is 242. The minimum Gasteiger partial charge on any atom is -0.382 e. The van der Waals surface area contributed by atoms with Crippen LogP contribution in [0.3, 0.4) is 0 Å². The molecule has 0 atom stereocenters. The maximum atomic E-state index is 11.6. The van der Waals surface area contributed by atoms with Crippen molar-refractivity contribution in [1.29, 1.82) is 0 Å². The summed E-state index contributed by atoms with van der Waals surface area (Å²) in [5, 5.41) is 2.65. The van der Waals surface area contributed by atoms with E-state index in [0.717, 1.165) is 6.41 Å². The van der Waals surface area contributed by atoms with Crippen LogP contribution in [0.4, 0.5) is 4.79 Å². The molecule has 0 saturated carbocycles. The summed E-state index contributed by atoms with van der Waals surface area (Å²) in [5.74, 6) is 0. The van der Waals surface area contributed by atoms with Gasteiger partial charge in [0.2, 0.25) is 6.41 Å². The van der Waals surface area contributed by atoms with Crippen molar-refractivity contribution < 1.29 is 19.1 Å². The van der Waals surface area contributed by atoms with E-state index in [2.05, 4.69) is 5.32 Å². The normalized spacial score (nSPS) is 15.8. The molecule has 0 spiro atoms. The molecule has 1 heterocycles. The van der Waals surface area contributed by atoms with Gasteiger partial charge >= 0.3 is 6.03 Å². The van der Waals surface area contributed by atoms with E-state index in [1.54, 1.807) is 16.9 Å². The Labute approximate surface area is 101 Å². The van der Waals surface area contributed by atoms with E-state index < -0.39 is 0 Å². The van der Waals surface area contributed by atoms with Crippen LogP contribution in [-0.4, -0.2) is 75.5 Å². The maximum absolute atomic E-state index is 11.6. The second-order valence-corrected chi connectivity index (χ2v) is 3.66. The first-order valence-corrected chi connectivity index (χ1v) is 5.56. The number of hydrogen-bond donors (Lipinski definition) is 1. The lowest BCUT2D eigenvalue weighted by atomic mass is 10.3. The van der Waals surface area contributed by atoms with Crippen LogP contribution in [0.1, 0.15) is 0 Å². The van der Waals surface area contributed by atoms with Gasteiger partial charge < -0.3 is 24.6 Å². The van der Waals surface area contributed by atoms with Gasteiger partial charge in [-0.15, -0.1) is 0 Å². The van der Waals surface area contributed by atoms with Crippen LogP contribution in [0.2, 0.25) is 0 Å². The summed E-state index contributed by atoms with van der Waals surface area (Å²) in [4.78, 5) is 25.4. The molecule has 0 radical (unpaired) electrons. The summed E-state index contributed by atoms with van der Waals surface area (Å²) in [5.41, 5.74) is 0. The standard InChI is InChI=1S/C10H19N3O4/c1-16-6-7-17-8-11-10(15)13-4-2-12(9-14)3-5-13/h9H,2-8H2,1H3,(H,11,15). The Morgan fingerprint density at radius 3 is 2.59 bits per heavy atom. The minimum atomic E-state index is -0.159. The molecule has 0 bridgehead atoms. The van der Waals surface area contributed by atoms with Crippen LogP contribution >= 0.6 is 0 Å². The lowest BCUT2D eigenvalue weighted by Crippen LogP contribution is -2.51. The molecule has 1 fully saturated rings. The van der Waals surface area contributed by atoms with Crippen LogP contribution in [-0.2, 0) is 14.3 Å². The zero-order valence-corrected chi connectivity index (χ0v) is 10.1. The fourth-order valence-electron chi connectivity index (χ4n) is 1.47. The molecule has 1 aliphatic heterocycles. The Kier molecular flexibility index (Phi) is 6.34. The highest BCUT2D eigenvalue weighted by Crippen LogP contribution is 1.99. The third-order valence-corrected chi connectivity index (χ3v) is 2.51. The van der Waals surface area contributed by atoms with Crippen molar-refractivity contribution in [1.82, 2.24) is 15.1 Å². The summed E-state index contributed by atoms with van der Waals surface area (Å²) in [6.07, 6.45) is 0.809. The molecule has 1 aliphatic rings. The van der Waals surface area contributed by atoms with E-state index in [-0.39, 0.29) is 12.8 Å². The van der Waals surface area contributed by atoms with Crippen LogP contribution in [0.15, 0.2) is 0 Å². The number of hydrogen-bond acceptors (Lipinski definition) is 4. The van der Waals surface area contributed by atoms with E-state index in [9.17, 15) is 9.59 Å². The first-order valence-electron chi connectivity index (χ1n) is 5.56. The number of carbonyl (C=O) groups is 2. The molecular formula is C10H19N3O4. The molecule has 1 rings (SSSR count). The zero-order valence-electron chi connectivity index (χ0n) is 10.1. The monoisotopic (exact) mass is 245 g/mol. The topological polar surface area (TPSA) is 71.1 Å². The van der Waals surface area contributed by atoms with Gasteiger partial charge in [0.05, 0.1) is 13.2 Å². The number of rotatable bonds is 6. The number of amides is 3. The Morgan fingerprint density at radius 1 is 1.29 bits per heavy atom. The largest absolute Gasteiger partial charge is 0.382 e. The second kappa shape index (κ2) is 7.86. The summed E-state index contributed by atoms with van der Waals surface area (Å²) in [6.45, 7) is 3.42. The van der Waals surface area contributed by atoms with E-state index >= 15 is 0 Å². The highest BCUT2D eigenvalue weighted by molar-refractivity contribution is 5.74. The number of nitrogens with zero attached hydrogens (tertiary/aromatic N) is 2. The van der Waals surface area contributed by atoms with Crippen molar-refractivity contribution in [3.05, 3.63) is 0 Å². The number of carbonyl (C=O) groups excluding carboxylic acids is 2. The molecule has 0 aromatic rings. The number of piperazine rings is 1. The van der Waals surface area contributed by atoms with Gasteiger partial charge in [-0.3, -0.25) is 4.79 Å². The van der Waals surface area contributed by atoms with Gasteiger partial charge in [-0.2, -0.15) is 0 Å². The Balaban J connectivity index is 2.10. The van der Waals surface area contributed by atoms with Gasteiger partial charge in [0.15, 0.2) is 0 Å². The quantitative estimate of drug-likeness (QED) is 0.373. The molecule has 7 nitrogen and oxygen atoms in total. The maximum Gasteiger partial charge on any atom is 0.319 e. The predicted molar refractivity (Wildman–Crippen MR) is 60.4 cm³/mol. The minimum absolute atomic E-state index is 0.159. The van der Waals surface area contributed by atoms with E-state index in [0.29, 0.717) is 39.4 Å². The molecule has 0 aromatic heterocycles. The Morgan fingerprint density at radius 2 is 2.00 bits per heavy atom. The first-order chi connectivity index (χ1) is 8.27. The van der Waals surface area contributed by atoms with Gasteiger partial charge in [0.25, 0.3) is 0 Å². The molecule has 1 saturated heterocycles. The van der Waals surface area contributed by atoms with Crippen LogP contribution in [0, 0.1) is 0 Å². The van der Waals surface area contributed by atoms with Gasteiger partial charge in [0, 0.05) is 33.3 Å². The molecule has 17 heavy (non-hydrogen) atoms. The average Bonchev–Trinajstić information content (AvgIpc) is 2.38. The van der Waals surface area contributed by atoms with Gasteiger partial charge in [0.1, 0.15) is 6.73 Å². The highest BCUT2D eigenvalue weighted by Gasteiger charge is 2.19. The van der Waals surface area contributed by atoms with Gasteiger partial charge in [-0.25, -0.2) is 4.79 Å². The van der Waals surface area contributed by atoms with Gasteiger partial charge in [-0.1, -0.05) is 0 Å². The molecule has 3 amide bonds. The van der Waals surface area contributed by atoms with Crippen molar-refractivity contribution >= 4 is 12.4 Å². The smallest absolute Gasteiger partial charge is 0.319 e. The average molecular weight is 245 g/mol. The SMILES string of the molecule is COCCOCNC(=O)N1CCN(C=O)CC1. The third-order valence-electron chi connectivity index (χ3n) is 2.51. The molecule has 1 N–H and O–H groups in total. The number of urea groups is 1. The fourth-order valence-corrected chi connectivity index (χ4v) is 1.47. The lowest BCUT2D eigenvalue weighted by Gasteiger charge is -2.32. The third kappa shape index (κ3) is 5.01. The molecular weight excluding hydrogens is 226 g/mol. The first kappa shape index (κ1) is 13.7. The molecule has 0 unspecified atom stereocenters. The lowest BCUT2D eigenvalue weighted by molar-refractivity contribution is -0.119. The van der Waals surface area contributed by atoms with Gasteiger partial charge in [-0.05, 0) is 0 Å². The van der Waals surface area contributed by atoms with Crippen LogP contribution in [0.5, 0.6) is 0 Å². The molecule has 0 aliphatic carbocycles. The highest BCUT2D eigenvalue weighted by atomic mass is 16.5. The van der Waals surface area contributed by atoms with E-state index in [1.165, 1.54) is 0 Å². The molecule has 7 heteroatoms. The summed E-state index contributed by atoms with van der Waals surface area (Å²) in [7, 11) is 1.59. The van der Waals surface area contributed by atoms with E-state index in [1.807, 2.05) is 0 Å². The summed E-state index contributed by atoms with van der Waals surface area (Å²) in [6, 6.07) is -0.159. The number of ether oxygens (including phenoxy) is 2. The van der Waals surface area contributed by atoms with Crippen molar-refractivity contribution in [2.45, 2.75) is 0 Å². The second-order valence-electron chi connectivity index (χ2n) is 3.66. The predicted octanol–water partition coefficient (Wildman–Crippen LogP) is -0.909. The molecule has 0 aromatic carbocycles. The number of methoxy groups -OCH3 is 1. The summed E-state index contributed by atoms with van der Waals surface area (Å²) < 4.78 is 9.93. The summed E-state index contributed by atoms with van der Waals surface area (Å²) >= 11 is 0. The van der Waals surface area contributed by atoms with Crippen molar-refractivity contribution in [3.8, 4) is 0 Å². The Hall–Kier alpha value is -1.34. The van der Waals surface area contributed by atoms with Crippen LogP contribution in [0.25, 0.3) is 0 Å². The number of nitrogens with one attached hydrogen (secondary N) is 1. The van der Waals surface area contributed by atoms with E-state index in [4.69, 9.17) is 9.47 Å². The fraction of sp³-hybridized carbons (Fsp3) is 0.800.